The summed E-state index contributed by atoms with van der Waals surface area (Å²) in [5, 5.41) is 12.1. The number of thiophene rings is 1. The number of para-hydroxylation sites is 1. The Bertz CT molecular complexity index is 1220. The van der Waals surface area contributed by atoms with Crippen LogP contribution in [-0.4, -0.2) is 26.6 Å². The van der Waals surface area contributed by atoms with Crippen LogP contribution < -0.4 is 10.6 Å². The number of carbonyl (C=O) groups excluding carboxylic acids is 2. The quantitative estimate of drug-likeness (QED) is 0.454. The van der Waals surface area contributed by atoms with Gasteiger partial charge in [-0.25, -0.2) is 9.67 Å². The third-order valence-corrected chi connectivity index (χ3v) is 5.51. The molecule has 0 radical (unpaired) electrons. The van der Waals surface area contributed by atoms with E-state index in [2.05, 4.69) is 20.7 Å². The molecule has 7 nitrogen and oxygen atoms in total. The van der Waals surface area contributed by atoms with E-state index >= 15 is 0 Å². The first kappa shape index (κ1) is 20.5. The first-order valence-electron chi connectivity index (χ1n) is 9.83. The minimum absolute atomic E-state index is 0.0645. The highest BCUT2D eigenvalue weighted by Gasteiger charge is 2.20. The molecule has 2 aromatic carbocycles. The maximum atomic E-state index is 13.0. The molecule has 0 spiro atoms. The second kappa shape index (κ2) is 8.93. The molecule has 0 fully saturated rings. The molecule has 8 heteroatoms. The summed E-state index contributed by atoms with van der Waals surface area (Å²) in [7, 11) is 0. The highest BCUT2D eigenvalue weighted by Crippen LogP contribution is 2.26. The molecule has 31 heavy (non-hydrogen) atoms. The number of anilines is 2. The monoisotopic (exact) mass is 431 g/mol. The van der Waals surface area contributed by atoms with E-state index in [1.165, 1.54) is 11.3 Å². The average Bonchev–Trinajstić information content (AvgIpc) is 3.46. The van der Waals surface area contributed by atoms with E-state index in [-0.39, 0.29) is 11.7 Å². The van der Waals surface area contributed by atoms with Crippen LogP contribution in [0, 0.1) is 6.92 Å². The van der Waals surface area contributed by atoms with Crippen molar-refractivity contribution in [2.75, 3.05) is 10.6 Å². The van der Waals surface area contributed by atoms with Crippen LogP contribution in [0.3, 0.4) is 0 Å². The number of aromatic nitrogens is 3. The molecule has 0 aliphatic carbocycles. The van der Waals surface area contributed by atoms with Gasteiger partial charge >= 0.3 is 0 Å². The number of hydrogen-bond acceptors (Lipinski definition) is 5. The average molecular weight is 432 g/mol. The number of benzene rings is 2. The predicted molar refractivity (Wildman–Crippen MR) is 123 cm³/mol. The number of nitrogens with zero attached hydrogens (tertiary/aromatic N) is 3. The lowest BCUT2D eigenvalue weighted by molar-refractivity contribution is -0.115. The second-order valence-electron chi connectivity index (χ2n) is 6.87. The topological polar surface area (TPSA) is 88.9 Å². The fourth-order valence-electron chi connectivity index (χ4n) is 2.98. The standard InChI is InChI=1S/C23H21N5O2S/c1-3-20(29)24-16-12-11-15(2)18(14-16)25-23(30)21-26-22(19-10-7-13-31-19)28(27-21)17-8-5-4-6-9-17/h4-14H,3H2,1-2H3,(H,24,29)(H,25,30). The number of aryl methyl sites for hydroxylation is 1. The van der Waals surface area contributed by atoms with Gasteiger partial charge in [0.1, 0.15) is 0 Å². The molecule has 2 amide bonds. The summed E-state index contributed by atoms with van der Waals surface area (Å²) in [5.74, 6) is 0.154. The molecule has 0 aliphatic heterocycles. The maximum absolute atomic E-state index is 13.0. The van der Waals surface area contributed by atoms with Gasteiger partial charge in [-0.15, -0.1) is 16.4 Å². The van der Waals surface area contributed by atoms with Crippen LogP contribution in [0.5, 0.6) is 0 Å². The van der Waals surface area contributed by atoms with Crippen molar-refractivity contribution >= 4 is 34.5 Å². The molecule has 2 heterocycles. The molecule has 156 valence electrons. The number of nitrogens with one attached hydrogen (secondary N) is 2. The van der Waals surface area contributed by atoms with Crippen molar-refractivity contribution < 1.29 is 9.59 Å². The zero-order valence-electron chi connectivity index (χ0n) is 17.1. The van der Waals surface area contributed by atoms with Crippen molar-refractivity contribution in [1.29, 1.82) is 0 Å². The summed E-state index contributed by atoms with van der Waals surface area (Å²) in [5.41, 5.74) is 2.89. The SMILES string of the molecule is CCC(=O)Nc1ccc(C)c(NC(=O)c2nc(-c3cccs3)n(-c3ccccc3)n2)c1. The summed E-state index contributed by atoms with van der Waals surface area (Å²) < 4.78 is 1.67. The second-order valence-corrected chi connectivity index (χ2v) is 7.82. The van der Waals surface area contributed by atoms with Crippen molar-refractivity contribution in [2.24, 2.45) is 0 Å². The zero-order valence-corrected chi connectivity index (χ0v) is 17.9. The zero-order chi connectivity index (χ0) is 21.8. The van der Waals surface area contributed by atoms with Crippen LogP contribution in [0.15, 0.2) is 66.0 Å². The smallest absolute Gasteiger partial charge is 0.295 e. The van der Waals surface area contributed by atoms with Gasteiger partial charge in [-0.2, -0.15) is 0 Å². The van der Waals surface area contributed by atoms with Crippen molar-refractivity contribution in [1.82, 2.24) is 14.8 Å². The van der Waals surface area contributed by atoms with Gasteiger partial charge in [-0.3, -0.25) is 9.59 Å². The molecular weight excluding hydrogens is 410 g/mol. The van der Waals surface area contributed by atoms with Crippen LogP contribution in [0.4, 0.5) is 11.4 Å². The van der Waals surface area contributed by atoms with Gasteiger partial charge in [0.2, 0.25) is 11.7 Å². The molecule has 4 aromatic rings. The minimum atomic E-state index is -0.422. The summed E-state index contributed by atoms with van der Waals surface area (Å²) in [6.07, 6.45) is 0.377. The van der Waals surface area contributed by atoms with Crippen LogP contribution >= 0.6 is 11.3 Å². The van der Waals surface area contributed by atoms with Crippen LogP contribution in [0.2, 0.25) is 0 Å². The maximum Gasteiger partial charge on any atom is 0.295 e. The van der Waals surface area contributed by atoms with Gasteiger partial charge < -0.3 is 10.6 Å². The number of rotatable bonds is 6. The van der Waals surface area contributed by atoms with Crippen molar-refractivity contribution in [3.63, 3.8) is 0 Å². The van der Waals surface area contributed by atoms with E-state index in [1.807, 2.05) is 60.8 Å². The lowest BCUT2D eigenvalue weighted by Crippen LogP contribution is -2.16. The largest absolute Gasteiger partial charge is 0.326 e. The number of hydrogen-bond donors (Lipinski definition) is 2. The molecule has 0 bridgehead atoms. The highest BCUT2D eigenvalue weighted by atomic mass is 32.1. The highest BCUT2D eigenvalue weighted by molar-refractivity contribution is 7.13. The fourth-order valence-corrected chi connectivity index (χ4v) is 3.68. The first-order chi connectivity index (χ1) is 15.0. The lowest BCUT2D eigenvalue weighted by atomic mass is 10.1. The Morgan fingerprint density at radius 1 is 1.03 bits per heavy atom. The Morgan fingerprint density at radius 3 is 2.55 bits per heavy atom. The minimum Gasteiger partial charge on any atom is -0.326 e. The Kier molecular flexibility index (Phi) is 5.90. The van der Waals surface area contributed by atoms with Gasteiger partial charge in [0.25, 0.3) is 5.91 Å². The van der Waals surface area contributed by atoms with Gasteiger partial charge in [0.15, 0.2) is 5.82 Å². The van der Waals surface area contributed by atoms with Gasteiger partial charge in [-0.1, -0.05) is 37.3 Å². The summed E-state index contributed by atoms with van der Waals surface area (Å²) >= 11 is 1.53. The van der Waals surface area contributed by atoms with E-state index in [9.17, 15) is 9.59 Å². The molecule has 0 aliphatic rings. The fraction of sp³-hybridized carbons (Fsp3) is 0.130. The third kappa shape index (κ3) is 4.54. The Morgan fingerprint density at radius 2 is 1.84 bits per heavy atom. The van der Waals surface area contributed by atoms with Gasteiger partial charge in [0.05, 0.1) is 10.6 Å². The molecule has 2 aromatic heterocycles. The lowest BCUT2D eigenvalue weighted by Gasteiger charge is -2.10. The molecular formula is C23H21N5O2S. The van der Waals surface area contributed by atoms with E-state index in [4.69, 9.17) is 0 Å². The van der Waals surface area contributed by atoms with Crippen LogP contribution in [-0.2, 0) is 4.79 Å². The van der Waals surface area contributed by atoms with Crippen molar-refractivity contribution in [3.05, 3.63) is 77.4 Å². The Labute approximate surface area is 183 Å². The molecule has 2 N–H and O–H groups in total. The molecule has 0 saturated heterocycles. The normalized spacial score (nSPS) is 10.6. The van der Waals surface area contributed by atoms with Gasteiger partial charge in [0, 0.05) is 17.8 Å². The predicted octanol–water partition coefficient (Wildman–Crippen LogP) is 4.91. The molecule has 0 unspecified atom stereocenters. The van der Waals surface area contributed by atoms with Crippen molar-refractivity contribution in [2.45, 2.75) is 20.3 Å². The molecule has 0 saturated carbocycles. The van der Waals surface area contributed by atoms with Crippen molar-refractivity contribution in [3.8, 4) is 16.4 Å². The molecule has 0 atom stereocenters. The summed E-state index contributed by atoms with van der Waals surface area (Å²) in [4.78, 5) is 30.1. The first-order valence-corrected chi connectivity index (χ1v) is 10.7. The Balaban J connectivity index is 1.65. The number of carbonyl (C=O) groups is 2. The van der Waals surface area contributed by atoms with Crippen LogP contribution in [0.1, 0.15) is 29.5 Å². The van der Waals surface area contributed by atoms with E-state index < -0.39 is 5.91 Å². The van der Waals surface area contributed by atoms with E-state index in [1.54, 1.807) is 23.7 Å². The number of amides is 2. The van der Waals surface area contributed by atoms with E-state index in [0.717, 1.165) is 16.1 Å². The van der Waals surface area contributed by atoms with Crippen LogP contribution in [0.25, 0.3) is 16.4 Å². The van der Waals surface area contributed by atoms with E-state index in [0.29, 0.717) is 23.6 Å². The van der Waals surface area contributed by atoms with Gasteiger partial charge in [-0.05, 0) is 48.2 Å². The Hall–Kier alpha value is -3.78. The molecule has 4 rings (SSSR count). The third-order valence-electron chi connectivity index (χ3n) is 4.64. The summed E-state index contributed by atoms with van der Waals surface area (Å²) in [6, 6.07) is 18.8. The summed E-state index contributed by atoms with van der Waals surface area (Å²) in [6.45, 7) is 3.67.